The van der Waals surface area contributed by atoms with Crippen LogP contribution >= 0.6 is 12.4 Å². The molecule has 0 aliphatic carbocycles. The zero-order valence-corrected chi connectivity index (χ0v) is 10.4. The Hall–Kier alpha value is -1.09. The van der Waals surface area contributed by atoms with E-state index in [1.165, 1.54) is 0 Å². The monoisotopic (exact) mass is 243 g/mol. The molecule has 1 N–H and O–H groups in total. The van der Waals surface area contributed by atoms with Crippen LogP contribution in [0.5, 0.6) is 0 Å². The first-order valence-electron chi connectivity index (χ1n) is 5.33. The normalized spacial score (nSPS) is 13.6. The standard InChI is InChI=1S/C12H17NO2.ClH/c1-3-10(11(4-2)12(14)15)9-5-7-13-8-6-9;/h5-8,10-11H,3-4H2,1-2H3,(H,14,15);1H. The van der Waals surface area contributed by atoms with Crippen molar-refractivity contribution in [2.45, 2.75) is 32.6 Å². The fraction of sp³-hybridized carbons (Fsp3) is 0.500. The van der Waals surface area contributed by atoms with Crippen LogP contribution in [0.1, 0.15) is 38.2 Å². The molecule has 0 radical (unpaired) electrons. The van der Waals surface area contributed by atoms with Gasteiger partial charge in [0.25, 0.3) is 0 Å². The first kappa shape index (κ1) is 14.9. The number of carboxylic acids is 1. The van der Waals surface area contributed by atoms with Crippen molar-refractivity contribution in [3.8, 4) is 0 Å². The summed E-state index contributed by atoms with van der Waals surface area (Å²) in [5.74, 6) is -0.908. The van der Waals surface area contributed by atoms with Gasteiger partial charge < -0.3 is 5.11 Å². The van der Waals surface area contributed by atoms with Gasteiger partial charge in [-0.1, -0.05) is 13.8 Å². The van der Waals surface area contributed by atoms with Crippen molar-refractivity contribution in [3.05, 3.63) is 30.1 Å². The number of carboxylic acid groups (broad SMARTS) is 1. The third-order valence-corrected chi connectivity index (χ3v) is 2.82. The second-order valence-electron chi connectivity index (χ2n) is 3.65. The van der Waals surface area contributed by atoms with E-state index >= 15 is 0 Å². The lowest BCUT2D eigenvalue weighted by atomic mass is 9.83. The molecule has 1 aromatic heterocycles. The van der Waals surface area contributed by atoms with Crippen molar-refractivity contribution >= 4 is 18.4 Å². The Kier molecular flexibility index (Phi) is 6.74. The summed E-state index contributed by atoms with van der Waals surface area (Å²) in [6.07, 6.45) is 4.93. The van der Waals surface area contributed by atoms with Crippen LogP contribution < -0.4 is 0 Å². The molecule has 1 rings (SSSR count). The summed E-state index contributed by atoms with van der Waals surface area (Å²) >= 11 is 0. The van der Waals surface area contributed by atoms with Crippen LogP contribution in [0.2, 0.25) is 0 Å². The first-order valence-corrected chi connectivity index (χ1v) is 5.33. The van der Waals surface area contributed by atoms with E-state index in [0.29, 0.717) is 6.42 Å². The average molecular weight is 244 g/mol. The third kappa shape index (κ3) is 3.49. The average Bonchev–Trinajstić information content (AvgIpc) is 2.26. The number of carbonyl (C=O) groups is 1. The Bertz CT molecular complexity index is 316. The topological polar surface area (TPSA) is 50.2 Å². The van der Waals surface area contributed by atoms with Crippen molar-refractivity contribution in [3.63, 3.8) is 0 Å². The maximum Gasteiger partial charge on any atom is 0.307 e. The third-order valence-electron chi connectivity index (χ3n) is 2.82. The highest BCUT2D eigenvalue weighted by molar-refractivity contribution is 5.85. The molecule has 3 nitrogen and oxygen atoms in total. The quantitative estimate of drug-likeness (QED) is 0.865. The maximum atomic E-state index is 11.1. The van der Waals surface area contributed by atoms with E-state index in [-0.39, 0.29) is 24.2 Å². The zero-order chi connectivity index (χ0) is 11.3. The van der Waals surface area contributed by atoms with Crippen molar-refractivity contribution in [2.75, 3.05) is 0 Å². The smallest absolute Gasteiger partial charge is 0.307 e. The number of aliphatic carboxylic acids is 1. The van der Waals surface area contributed by atoms with E-state index in [2.05, 4.69) is 4.98 Å². The number of nitrogens with zero attached hydrogens (tertiary/aromatic N) is 1. The predicted molar refractivity (Wildman–Crippen MR) is 65.9 cm³/mol. The van der Waals surface area contributed by atoms with E-state index in [9.17, 15) is 4.79 Å². The molecule has 0 saturated carbocycles. The summed E-state index contributed by atoms with van der Waals surface area (Å²) in [5, 5.41) is 9.12. The fourth-order valence-electron chi connectivity index (χ4n) is 1.99. The molecule has 1 heterocycles. The lowest BCUT2D eigenvalue weighted by molar-refractivity contribution is -0.142. The molecule has 0 aliphatic heterocycles. The number of pyridine rings is 1. The van der Waals surface area contributed by atoms with E-state index in [1.807, 2.05) is 26.0 Å². The predicted octanol–water partition coefficient (Wildman–Crippen LogP) is 3.11. The van der Waals surface area contributed by atoms with Gasteiger partial charge in [-0.05, 0) is 36.5 Å². The highest BCUT2D eigenvalue weighted by Crippen LogP contribution is 2.29. The Morgan fingerprint density at radius 3 is 2.25 bits per heavy atom. The van der Waals surface area contributed by atoms with Gasteiger partial charge in [0.1, 0.15) is 0 Å². The number of hydrogen-bond donors (Lipinski definition) is 1. The minimum Gasteiger partial charge on any atom is -0.481 e. The van der Waals surface area contributed by atoms with Crippen LogP contribution in [0, 0.1) is 5.92 Å². The molecular formula is C12H18ClNO2. The van der Waals surface area contributed by atoms with Gasteiger partial charge in [-0.3, -0.25) is 9.78 Å². The molecule has 0 spiro atoms. The van der Waals surface area contributed by atoms with Crippen molar-refractivity contribution in [1.82, 2.24) is 4.98 Å². The van der Waals surface area contributed by atoms with Gasteiger partial charge in [-0.25, -0.2) is 0 Å². The summed E-state index contributed by atoms with van der Waals surface area (Å²) < 4.78 is 0. The zero-order valence-electron chi connectivity index (χ0n) is 9.59. The van der Waals surface area contributed by atoms with Gasteiger partial charge in [-0.15, -0.1) is 12.4 Å². The van der Waals surface area contributed by atoms with E-state index in [1.54, 1.807) is 12.4 Å². The molecule has 90 valence electrons. The Morgan fingerprint density at radius 1 is 1.31 bits per heavy atom. The SMILES string of the molecule is CCC(C(=O)O)C(CC)c1ccncc1.Cl. The number of hydrogen-bond acceptors (Lipinski definition) is 2. The molecule has 2 unspecified atom stereocenters. The largest absolute Gasteiger partial charge is 0.481 e. The number of aromatic nitrogens is 1. The van der Waals surface area contributed by atoms with Crippen molar-refractivity contribution < 1.29 is 9.90 Å². The first-order chi connectivity index (χ1) is 7.20. The number of halogens is 1. The highest BCUT2D eigenvalue weighted by Gasteiger charge is 2.26. The van der Waals surface area contributed by atoms with Gasteiger partial charge >= 0.3 is 5.97 Å². The minimum atomic E-state index is -0.707. The maximum absolute atomic E-state index is 11.1. The molecule has 0 bridgehead atoms. The molecule has 0 saturated heterocycles. The summed E-state index contributed by atoms with van der Waals surface area (Å²) in [6.45, 7) is 3.94. The molecule has 2 atom stereocenters. The van der Waals surface area contributed by atoms with Crippen LogP contribution in [0.15, 0.2) is 24.5 Å². The Labute approximate surface area is 102 Å². The second-order valence-corrected chi connectivity index (χ2v) is 3.65. The molecule has 0 aromatic carbocycles. The van der Waals surface area contributed by atoms with Crippen LogP contribution in [-0.2, 0) is 4.79 Å². The van der Waals surface area contributed by atoms with Crippen LogP contribution in [0.3, 0.4) is 0 Å². The van der Waals surface area contributed by atoms with Gasteiger partial charge in [0.2, 0.25) is 0 Å². The van der Waals surface area contributed by atoms with Crippen LogP contribution in [0.25, 0.3) is 0 Å². The van der Waals surface area contributed by atoms with Crippen LogP contribution in [-0.4, -0.2) is 16.1 Å². The fourth-order valence-corrected chi connectivity index (χ4v) is 1.99. The van der Waals surface area contributed by atoms with Gasteiger partial charge in [0.15, 0.2) is 0 Å². The summed E-state index contributed by atoms with van der Waals surface area (Å²) in [4.78, 5) is 15.0. The molecular weight excluding hydrogens is 226 g/mol. The van der Waals surface area contributed by atoms with Crippen molar-refractivity contribution in [2.24, 2.45) is 5.92 Å². The summed E-state index contributed by atoms with van der Waals surface area (Å²) in [7, 11) is 0. The highest BCUT2D eigenvalue weighted by atomic mass is 35.5. The van der Waals surface area contributed by atoms with E-state index < -0.39 is 5.97 Å². The molecule has 16 heavy (non-hydrogen) atoms. The van der Waals surface area contributed by atoms with Gasteiger partial charge in [-0.2, -0.15) is 0 Å². The lowest BCUT2D eigenvalue weighted by Gasteiger charge is -2.21. The summed E-state index contributed by atoms with van der Waals surface area (Å²) in [6, 6.07) is 3.81. The second kappa shape index (κ2) is 7.23. The Morgan fingerprint density at radius 2 is 1.88 bits per heavy atom. The van der Waals surface area contributed by atoms with E-state index in [4.69, 9.17) is 5.11 Å². The molecule has 0 fully saturated rings. The lowest BCUT2D eigenvalue weighted by Crippen LogP contribution is -2.21. The van der Waals surface area contributed by atoms with Gasteiger partial charge in [0, 0.05) is 12.4 Å². The molecule has 1 aromatic rings. The molecule has 0 amide bonds. The van der Waals surface area contributed by atoms with Gasteiger partial charge in [0.05, 0.1) is 5.92 Å². The van der Waals surface area contributed by atoms with Crippen LogP contribution in [0.4, 0.5) is 0 Å². The minimum absolute atomic E-state index is 0. The van der Waals surface area contributed by atoms with Crippen molar-refractivity contribution in [1.29, 1.82) is 0 Å². The summed E-state index contributed by atoms with van der Waals surface area (Å²) in [5.41, 5.74) is 1.07. The number of rotatable bonds is 5. The Balaban J connectivity index is 0.00000225. The van der Waals surface area contributed by atoms with E-state index in [0.717, 1.165) is 12.0 Å². The molecule has 4 heteroatoms. The molecule has 0 aliphatic rings.